The van der Waals surface area contributed by atoms with E-state index in [1.807, 2.05) is 0 Å². The molecule has 0 bridgehead atoms. The van der Waals surface area contributed by atoms with E-state index in [0.717, 1.165) is 13.0 Å². The van der Waals surface area contributed by atoms with E-state index in [0.29, 0.717) is 12.0 Å². The number of piperidine rings is 1. The van der Waals surface area contributed by atoms with Crippen LogP contribution in [0.3, 0.4) is 0 Å². The SMILES string of the molecule is CCC1(C)CCN(Cc2csc(CCN)n2)CC1. The third-order valence-corrected chi connectivity index (χ3v) is 5.22. The fourth-order valence-electron chi connectivity index (χ4n) is 2.49. The minimum Gasteiger partial charge on any atom is -0.330 e. The second-order valence-corrected chi connectivity index (χ2v) is 6.65. The Bertz CT molecular complexity index is 367. The van der Waals surface area contributed by atoms with Gasteiger partial charge >= 0.3 is 0 Å². The Morgan fingerprint density at radius 3 is 2.78 bits per heavy atom. The number of thiazole rings is 1. The quantitative estimate of drug-likeness (QED) is 0.892. The van der Waals surface area contributed by atoms with E-state index in [4.69, 9.17) is 5.73 Å². The highest BCUT2D eigenvalue weighted by Crippen LogP contribution is 2.34. The number of hydrogen-bond donors (Lipinski definition) is 1. The van der Waals surface area contributed by atoms with Gasteiger partial charge in [-0.05, 0) is 37.9 Å². The van der Waals surface area contributed by atoms with Crippen LogP contribution in [0.15, 0.2) is 5.38 Å². The van der Waals surface area contributed by atoms with Gasteiger partial charge in [-0.3, -0.25) is 4.90 Å². The monoisotopic (exact) mass is 267 g/mol. The zero-order valence-electron chi connectivity index (χ0n) is 11.6. The minimum absolute atomic E-state index is 0.573. The van der Waals surface area contributed by atoms with E-state index in [-0.39, 0.29) is 0 Å². The smallest absolute Gasteiger partial charge is 0.0941 e. The van der Waals surface area contributed by atoms with Gasteiger partial charge in [-0.2, -0.15) is 0 Å². The van der Waals surface area contributed by atoms with Crippen molar-refractivity contribution in [3.63, 3.8) is 0 Å². The van der Waals surface area contributed by atoms with Gasteiger partial charge in [0.05, 0.1) is 10.7 Å². The Hall–Kier alpha value is -0.450. The molecule has 2 N–H and O–H groups in total. The Balaban J connectivity index is 1.83. The summed E-state index contributed by atoms with van der Waals surface area (Å²) in [5, 5.41) is 3.38. The van der Waals surface area contributed by atoms with Crippen molar-refractivity contribution in [1.82, 2.24) is 9.88 Å². The molecule has 1 saturated heterocycles. The first-order valence-electron chi connectivity index (χ1n) is 7.01. The first kappa shape index (κ1) is 14.0. The number of likely N-dealkylation sites (tertiary alicyclic amines) is 1. The lowest BCUT2D eigenvalue weighted by atomic mass is 9.78. The highest BCUT2D eigenvalue weighted by atomic mass is 32.1. The summed E-state index contributed by atoms with van der Waals surface area (Å²) in [6, 6.07) is 0. The summed E-state index contributed by atoms with van der Waals surface area (Å²) in [5.74, 6) is 0. The topological polar surface area (TPSA) is 42.1 Å². The number of nitrogens with zero attached hydrogens (tertiary/aromatic N) is 2. The Morgan fingerprint density at radius 2 is 2.17 bits per heavy atom. The molecule has 0 spiro atoms. The highest BCUT2D eigenvalue weighted by Gasteiger charge is 2.28. The summed E-state index contributed by atoms with van der Waals surface area (Å²) in [4.78, 5) is 7.19. The minimum atomic E-state index is 0.573. The van der Waals surface area contributed by atoms with Crippen molar-refractivity contribution in [1.29, 1.82) is 0 Å². The van der Waals surface area contributed by atoms with E-state index in [1.165, 1.54) is 43.1 Å². The van der Waals surface area contributed by atoms with Crippen molar-refractivity contribution in [2.24, 2.45) is 11.1 Å². The molecule has 1 aromatic heterocycles. The van der Waals surface area contributed by atoms with Crippen molar-refractivity contribution in [3.05, 3.63) is 16.1 Å². The van der Waals surface area contributed by atoms with Crippen LogP contribution in [0.4, 0.5) is 0 Å². The summed E-state index contributed by atoms with van der Waals surface area (Å²) in [5.41, 5.74) is 7.35. The molecule has 102 valence electrons. The molecule has 0 radical (unpaired) electrons. The van der Waals surface area contributed by atoms with Gasteiger partial charge in [0.2, 0.25) is 0 Å². The van der Waals surface area contributed by atoms with E-state index in [1.54, 1.807) is 11.3 Å². The van der Waals surface area contributed by atoms with Crippen LogP contribution in [0.25, 0.3) is 0 Å². The second kappa shape index (κ2) is 6.13. The van der Waals surface area contributed by atoms with Crippen molar-refractivity contribution in [3.8, 4) is 0 Å². The molecule has 18 heavy (non-hydrogen) atoms. The summed E-state index contributed by atoms with van der Waals surface area (Å²) in [6.07, 6.45) is 4.86. The molecule has 0 aromatic carbocycles. The standard InChI is InChI=1S/C14H25N3S/c1-3-14(2)5-8-17(9-6-14)10-12-11-18-13(16-12)4-7-15/h11H,3-10,15H2,1-2H3. The number of hydrogen-bond acceptors (Lipinski definition) is 4. The predicted molar refractivity (Wildman–Crippen MR) is 77.8 cm³/mol. The molecule has 1 aliphatic rings. The Morgan fingerprint density at radius 1 is 1.44 bits per heavy atom. The summed E-state index contributed by atoms with van der Waals surface area (Å²) >= 11 is 1.75. The van der Waals surface area contributed by atoms with Crippen LogP contribution in [-0.2, 0) is 13.0 Å². The van der Waals surface area contributed by atoms with Crippen molar-refractivity contribution < 1.29 is 0 Å². The molecule has 1 aliphatic heterocycles. The van der Waals surface area contributed by atoms with Crippen molar-refractivity contribution >= 4 is 11.3 Å². The first-order chi connectivity index (χ1) is 8.65. The third kappa shape index (κ3) is 3.53. The van der Waals surface area contributed by atoms with E-state index in [9.17, 15) is 0 Å². The lowest BCUT2D eigenvalue weighted by Crippen LogP contribution is -2.37. The van der Waals surface area contributed by atoms with Gasteiger partial charge in [0, 0.05) is 18.3 Å². The summed E-state index contributed by atoms with van der Waals surface area (Å²) < 4.78 is 0. The lowest BCUT2D eigenvalue weighted by molar-refractivity contribution is 0.109. The second-order valence-electron chi connectivity index (χ2n) is 5.71. The van der Waals surface area contributed by atoms with Gasteiger partial charge in [0.25, 0.3) is 0 Å². The molecule has 0 amide bonds. The molecule has 0 atom stereocenters. The molecule has 1 aromatic rings. The van der Waals surface area contributed by atoms with Gasteiger partial charge in [-0.15, -0.1) is 11.3 Å². The molecule has 4 heteroatoms. The first-order valence-corrected chi connectivity index (χ1v) is 7.89. The Kier molecular flexibility index (Phi) is 4.76. The van der Waals surface area contributed by atoms with Crippen molar-refractivity contribution in [2.45, 2.75) is 46.1 Å². The van der Waals surface area contributed by atoms with Crippen LogP contribution in [0.5, 0.6) is 0 Å². The molecule has 0 aliphatic carbocycles. The average molecular weight is 267 g/mol. The third-order valence-electron chi connectivity index (χ3n) is 4.26. The van der Waals surface area contributed by atoms with Crippen LogP contribution >= 0.6 is 11.3 Å². The summed E-state index contributed by atoms with van der Waals surface area (Å²) in [7, 11) is 0. The molecule has 0 unspecified atom stereocenters. The molecule has 2 rings (SSSR count). The van der Waals surface area contributed by atoms with Gasteiger partial charge in [-0.25, -0.2) is 4.98 Å². The number of aromatic nitrogens is 1. The molecule has 2 heterocycles. The molecule has 3 nitrogen and oxygen atoms in total. The molecular formula is C14H25N3S. The molecule has 0 saturated carbocycles. The van der Waals surface area contributed by atoms with Gasteiger partial charge in [-0.1, -0.05) is 20.3 Å². The van der Waals surface area contributed by atoms with Crippen LogP contribution in [0.1, 0.15) is 43.8 Å². The predicted octanol–water partition coefficient (Wildman–Crippen LogP) is 2.66. The van der Waals surface area contributed by atoms with E-state index >= 15 is 0 Å². The zero-order valence-corrected chi connectivity index (χ0v) is 12.4. The molecule has 1 fully saturated rings. The summed E-state index contributed by atoms with van der Waals surface area (Å²) in [6.45, 7) is 8.89. The fourth-order valence-corrected chi connectivity index (χ4v) is 3.30. The van der Waals surface area contributed by atoms with Crippen LogP contribution in [-0.4, -0.2) is 29.5 Å². The van der Waals surface area contributed by atoms with E-state index in [2.05, 4.69) is 29.1 Å². The van der Waals surface area contributed by atoms with Gasteiger partial charge in [0.15, 0.2) is 0 Å². The van der Waals surface area contributed by atoms with Crippen LogP contribution in [0, 0.1) is 5.41 Å². The normalized spacial score (nSPS) is 20.2. The van der Waals surface area contributed by atoms with Gasteiger partial charge < -0.3 is 5.73 Å². The van der Waals surface area contributed by atoms with Crippen molar-refractivity contribution in [2.75, 3.05) is 19.6 Å². The zero-order chi connectivity index (χ0) is 13.0. The number of rotatable bonds is 5. The Labute approximate surface area is 114 Å². The fraction of sp³-hybridized carbons (Fsp3) is 0.786. The maximum Gasteiger partial charge on any atom is 0.0941 e. The largest absolute Gasteiger partial charge is 0.330 e. The lowest BCUT2D eigenvalue weighted by Gasteiger charge is -2.38. The maximum atomic E-state index is 5.56. The average Bonchev–Trinajstić information content (AvgIpc) is 2.81. The molecular weight excluding hydrogens is 242 g/mol. The number of nitrogens with two attached hydrogens (primary N) is 1. The van der Waals surface area contributed by atoms with Crippen LogP contribution in [0.2, 0.25) is 0 Å². The highest BCUT2D eigenvalue weighted by molar-refractivity contribution is 7.09. The van der Waals surface area contributed by atoms with E-state index < -0.39 is 0 Å². The maximum absolute atomic E-state index is 5.56. The van der Waals surface area contributed by atoms with Gasteiger partial charge in [0.1, 0.15) is 0 Å². The van der Waals surface area contributed by atoms with Crippen LogP contribution < -0.4 is 5.73 Å².